The van der Waals surface area contributed by atoms with E-state index in [1.807, 2.05) is 0 Å². The van der Waals surface area contributed by atoms with E-state index in [-0.39, 0.29) is 177 Å². The van der Waals surface area contributed by atoms with Crippen molar-refractivity contribution in [3.63, 3.8) is 0 Å². The minimum atomic E-state index is -4.76. The van der Waals surface area contributed by atoms with Crippen LogP contribution in [0.15, 0.2) is 0 Å². The zero-order valence-corrected chi connectivity index (χ0v) is 38.9. The second-order valence-electron chi connectivity index (χ2n) is 6.94. The van der Waals surface area contributed by atoms with Gasteiger partial charge in [0.15, 0.2) is 0 Å². The molecule has 0 aromatic heterocycles. The third-order valence-corrected chi connectivity index (χ3v) is 7.23. The molecule has 0 spiro atoms. The zero-order chi connectivity index (χ0) is 25.6. The average Bonchev–Trinajstić information content (AvgIpc) is 2.41. The van der Waals surface area contributed by atoms with Gasteiger partial charge in [-0.3, -0.25) is 37.5 Å². The second kappa shape index (κ2) is 26.6. The van der Waals surface area contributed by atoms with Gasteiger partial charge in [0.1, 0.15) is 31.4 Å². The van der Waals surface area contributed by atoms with Crippen molar-refractivity contribution < 1.29 is 71.8 Å². The predicted octanol–water partition coefficient (Wildman–Crippen LogP) is -4.72. The van der Waals surface area contributed by atoms with E-state index in [2.05, 4.69) is 0 Å². The Hall–Kier alpha value is 6.63. The van der Waals surface area contributed by atoms with Crippen LogP contribution in [0.25, 0.3) is 0 Å². The molecular weight excluding hydrogens is 683 g/mol. The predicted molar refractivity (Wildman–Crippen MR) is 144 cm³/mol. The van der Waals surface area contributed by atoms with E-state index in [0.29, 0.717) is 9.80 Å². The standard InChI is InChI=1S/C9H28N3O15P5.6Na/c13-28(14,15)5-10(1-3-11(6-29(16,17)18)7-30(19,20)21)2-4-12(8-31(22,23)24)9-32(25,26)27;;;;;;/h1-9H2,(H2,13,14,15)(H2,16,17,18)(H2,19,20,21)(H2,22,23,24)(H2,25,26,27);;;;;;. The summed E-state index contributed by atoms with van der Waals surface area (Å²) >= 11 is 0. The van der Waals surface area contributed by atoms with Crippen LogP contribution in [-0.4, -0.2) is 299 Å². The Morgan fingerprint density at radius 3 is 0.605 bits per heavy atom. The summed E-state index contributed by atoms with van der Waals surface area (Å²) in [5.41, 5.74) is 0. The number of nitrogens with zero attached hydrogens (tertiary/aromatic N) is 3. The molecule has 0 atom stereocenters. The van der Waals surface area contributed by atoms with E-state index >= 15 is 0 Å². The van der Waals surface area contributed by atoms with Gasteiger partial charge in [-0.1, -0.05) is 0 Å². The van der Waals surface area contributed by atoms with Crippen molar-refractivity contribution >= 4 is 215 Å². The van der Waals surface area contributed by atoms with E-state index < -0.39 is 95.6 Å². The fourth-order valence-electron chi connectivity index (χ4n) is 2.49. The van der Waals surface area contributed by atoms with Crippen molar-refractivity contribution in [2.75, 3.05) is 57.6 Å². The molecule has 0 unspecified atom stereocenters. The first kappa shape index (κ1) is 60.0. The van der Waals surface area contributed by atoms with Crippen LogP contribution >= 0.6 is 38.0 Å². The van der Waals surface area contributed by atoms with Gasteiger partial charge in [0.05, 0.1) is 0 Å². The van der Waals surface area contributed by atoms with Crippen molar-refractivity contribution in [1.29, 1.82) is 0 Å². The maximum absolute atomic E-state index is 11.4. The molecule has 0 rings (SSSR count). The maximum atomic E-state index is 11.4. The van der Waals surface area contributed by atoms with Gasteiger partial charge in [0, 0.05) is 204 Å². The van der Waals surface area contributed by atoms with E-state index in [4.69, 9.17) is 39.1 Å². The number of hydrogen-bond acceptors (Lipinski definition) is 8. The summed E-state index contributed by atoms with van der Waals surface area (Å²) in [6, 6.07) is 0. The van der Waals surface area contributed by atoms with Crippen LogP contribution < -0.4 is 0 Å². The molecule has 0 saturated carbocycles. The van der Waals surface area contributed by atoms with Crippen molar-refractivity contribution in [3.8, 4) is 0 Å². The van der Waals surface area contributed by atoms with Gasteiger partial charge in [-0.15, -0.1) is 0 Å². The molecule has 0 bridgehead atoms. The Kier molecular flexibility index (Phi) is 41.9. The minimum absolute atomic E-state index is 0. The van der Waals surface area contributed by atoms with Crippen LogP contribution in [0.4, 0.5) is 0 Å². The number of hydrogen-bond donors (Lipinski definition) is 10. The quantitative estimate of drug-likeness (QED) is 0.0531. The summed E-state index contributed by atoms with van der Waals surface area (Å²) in [5, 5.41) is 0. The Balaban J connectivity index is -0.000000320. The maximum Gasteiger partial charge on any atom is 0.339 e. The summed E-state index contributed by atoms with van der Waals surface area (Å²) in [7, 11) is -23.8. The van der Waals surface area contributed by atoms with Crippen LogP contribution in [-0.2, 0) is 22.8 Å². The van der Waals surface area contributed by atoms with E-state index in [1.54, 1.807) is 0 Å². The first-order chi connectivity index (χ1) is 13.9. The van der Waals surface area contributed by atoms with E-state index in [0.717, 1.165) is 4.90 Å². The van der Waals surface area contributed by atoms with Gasteiger partial charge in [0.2, 0.25) is 0 Å². The molecule has 0 amide bonds. The molecule has 0 heterocycles. The van der Waals surface area contributed by atoms with Crippen molar-refractivity contribution in [1.82, 2.24) is 14.7 Å². The summed E-state index contributed by atoms with van der Waals surface area (Å²) in [5.74, 6) is 0. The Bertz CT molecular complexity index is 744. The van der Waals surface area contributed by atoms with Crippen LogP contribution in [0.5, 0.6) is 0 Å². The van der Waals surface area contributed by atoms with Gasteiger partial charge in [-0.25, -0.2) is 0 Å². The molecule has 38 heavy (non-hydrogen) atoms. The third kappa shape index (κ3) is 42.6. The van der Waals surface area contributed by atoms with Gasteiger partial charge in [-0.2, -0.15) is 0 Å². The van der Waals surface area contributed by atoms with E-state index in [1.165, 1.54) is 0 Å². The van der Waals surface area contributed by atoms with Crippen molar-refractivity contribution in [2.45, 2.75) is 0 Å². The first-order valence-electron chi connectivity index (χ1n) is 8.34. The van der Waals surface area contributed by atoms with Crippen LogP contribution in [0.3, 0.4) is 0 Å². The Labute approximate surface area is 353 Å². The molecule has 0 aliphatic carbocycles. The van der Waals surface area contributed by atoms with Crippen LogP contribution in [0.1, 0.15) is 0 Å². The van der Waals surface area contributed by atoms with E-state index in [9.17, 15) is 32.6 Å². The molecule has 0 aliphatic heterocycles. The van der Waals surface area contributed by atoms with Gasteiger partial charge in [-0.05, 0) is 0 Å². The second-order valence-corrected chi connectivity index (χ2v) is 15.0. The summed E-state index contributed by atoms with van der Waals surface area (Å²) < 4.78 is 56.1. The van der Waals surface area contributed by atoms with Gasteiger partial charge in [0.25, 0.3) is 0 Å². The van der Waals surface area contributed by atoms with Crippen LogP contribution in [0.2, 0.25) is 0 Å². The SMILES string of the molecule is O=P(O)(O)CN(CCN(CP(=O)(O)O)CP(=O)(O)O)CCN(CP(=O)(O)O)CP(=O)(O)O.[Na].[Na].[Na].[Na].[Na].[Na]. The third-order valence-electron chi connectivity index (χ3n) is 3.39. The fraction of sp³-hybridized carbons (Fsp3) is 1.00. The van der Waals surface area contributed by atoms with Crippen LogP contribution in [0, 0.1) is 0 Å². The van der Waals surface area contributed by atoms with Crippen molar-refractivity contribution in [3.05, 3.63) is 0 Å². The number of rotatable bonds is 16. The monoisotopic (exact) mass is 711 g/mol. The molecule has 0 aliphatic rings. The zero-order valence-electron chi connectivity index (χ0n) is 22.5. The minimum Gasteiger partial charge on any atom is -0.324 e. The molecule has 0 aromatic carbocycles. The summed E-state index contributed by atoms with van der Waals surface area (Å²) in [4.78, 5) is 93.2. The van der Waals surface area contributed by atoms with Crippen molar-refractivity contribution in [2.24, 2.45) is 0 Å². The average molecular weight is 711 g/mol. The largest absolute Gasteiger partial charge is 0.339 e. The molecule has 0 saturated heterocycles. The molecule has 10 N–H and O–H groups in total. The molecule has 200 valence electrons. The normalized spacial score (nSPS) is 12.3. The summed E-state index contributed by atoms with van der Waals surface area (Å²) in [6.45, 7) is -1.78. The van der Waals surface area contributed by atoms with Gasteiger partial charge >= 0.3 is 38.0 Å². The Morgan fingerprint density at radius 2 is 0.447 bits per heavy atom. The van der Waals surface area contributed by atoms with Gasteiger partial charge < -0.3 is 48.9 Å². The molecule has 0 aromatic rings. The molecule has 6 radical (unpaired) electrons. The topological polar surface area (TPSA) is 297 Å². The molecular formula is C9H28N3Na6O15P5. The molecule has 0 fully saturated rings. The Morgan fingerprint density at radius 1 is 0.316 bits per heavy atom. The molecule has 18 nitrogen and oxygen atoms in total. The summed E-state index contributed by atoms with van der Waals surface area (Å²) in [6.07, 6.45) is -5.21. The first-order valence-corrected chi connectivity index (χ1v) is 17.3. The smallest absolute Gasteiger partial charge is 0.324 e. The fourth-order valence-corrected chi connectivity index (χ4v) is 6.66. The molecule has 29 heteroatoms.